The number of aromatic nitrogens is 2. The smallest absolute Gasteiger partial charge is 0.305 e. The summed E-state index contributed by atoms with van der Waals surface area (Å²) in [5.74, 6) is -0.336. The van der Waals surface area contributed by atoms with Crippen molar-refractivity contribution in [2.24, 2.45) is 0 Å². The number of nitrogens with two attached hydrogens (primary N) is 1. The fourth-order valence-electron chi connectivity index (χ4n) is 1.80. The minimum atomic E-state index is -0.267. The second kappa shape index (κ2) is 6.93. The second-order valence-corrected chi connectivity index (χ2v) is 4.74. The first kappa shape index (κ1) is 16.0. The van der Waals surface area contributed by atoms with Gasteiger partial charge >= 0.3 is 5.97 Å². The first-order chi connectivity index (χ1) is 9.36. The van der Waals surface area contributed by atoms with E-state index in [1.165, 1.54) is 7.11 Å². The van der Waals surface area contributed by atoms with Crippen LogP contribution in [0, 0.1) is 13.8 Å². The van der Waals surface area contributed by atoms with Crippen LogP contribution in [0.1, 0.15) is 24.2 Å². The van der Waals surface area contributed by atoms with Crippen molar-refractivity contribution in [2.45, 2.75) is 33.2 Å². The molecule has 0 aliphatic heterocycles. The van der Waals surface area contributed by atoms with E-state index < -0.39 is 0 Å². The first-order valence-electron chi connectivity index (χ1n) is 6.47. The van der Waals surface area contributed by atoms with E-state index in [0.29, 0.717) is 25.1 Å². The molecule has 112 valence electrons. The molecule has 7 nitrogen and oxygen atoms in total. The number of amides is 1. The van der Waals surface area contributed by atoms with E-state index >= 15 is 0 Å². The van der Waals surface area contributed by atoms with Crippen molar-refractivity contribution < 1.29 is 14.3 Å². The molecular formula is C13H22N4O3. The maximum Gasteiger partial charge on any atom is 0.305 e. The lowest BCUT2D eigenvalue weighted by Gasteiger charge is -2.17. The summed E-state index contributed by atoms with van der Waals surface area (Å²) >= 11 is 0. The zero-order valence-electron chi connectivity index (χ0n) is 12.5. The van der Waals surface area contributed by atoms with E-state index in [0.717, 1.165) is 11.4 Å². The second-order valence-electron chi connectivity index (χ2n) is 4.74. The van der Waals surface area contributed by atoms with Crippen molar-refractivity contribution >= 4 is 17.6 Å². The Kier molecular flexibility index (Phi) is 5.54. The largest absolute Gasteiger partial charge is 0.469 e. The summed E-state index contributed by atoms with van der Waals surface area (Å²) in [6, 6.07) is 0. The zero-order valence-corrected chi connectivity index (χ0v) is 12.5. The van der Waals surface area contributed by atoms with Crippen LogP contribution in [0.3, 0.4) is 0 Å². The Morgan fingerprint density at radius 2 is 2.05 bits per heavy atom. The van der Waals surface area contributed by atoms with Crippen molar-refractivity contribution in [2.75, 3.05) is 26.4 Å². The Labute approximate surface area is 118 Å². The van der Waals surface area contributed by atoms with Crippen LogP contribution in [0.5, 0.6) is 0 Å². The van der Waals surface area contributed by atoms with Gasteiger partial charge in [-0.2, -0.15) is 5.10 Å². The molecule has 7 heteroatoms. The lowest BCUT2D eigenvalue weighted by Crippen LogP contribution is -2.32. The molecule has 1 rings (SSSR count). The molecule has 2 N–H and O–H groups in total. The van der Waals surface area contributed by atoms with Gasteiger partial charge in [0.05, 0.1) is 24.2 Å². The molecule has 0 aliphatic carbocycles. The molecule has 0 radical (unpaired) electrons. The molecule has 1 aromatic heterocycles. The Morgan fingerprint density at radius 1 is 1.40 bits per heavy atom. The van der Waals surface area contributed by atoms with Crippen LogP contribution < -0.4 is 5.73 Å². The maximum absolute atomic E-state index is 12.0. The fraction of sp³-hybridized carbons (Fsp3) is 0.615. The fourth-order valence-corrected chi connectivity index (χ4v) is 1.80. The van der Waals surface area contributed by atoms with Gasteiger partial charge < -0.3 is 15.4 Å². The molecule has 0 unspecified atom stereocenters. The molecule has 1 aromatic rings. The molecule has 0 aromatic carbocycles. The van der Waals surface area contributed by atoms with Crippen molar-refractivity contribution in [3.63, 3.8) is 0 Å². The number of carbonyl (C=O) groups is 2. The third-order valence-electron chi connectivity index (χ3n) is 3.25. The van der Waals surface area contributed by atoms with Gasteiger partial charge in [0.25, 0.3) is 0 Å². The van der Waals surface area contributed by atoms with E-state index in [1.54, 1.807) is 16.6 Å². The average Bonchev–Trinajstić information content (AvgIpc) is 2.65. The Hall–Kier alpha value is -2.05. The monoisotopic (exact) mass is 282 g/mol. The van der Waals surface area contributed by atoms with Crippen molar-refractivity contribution in [3.05, 3.63) is 11.4 Å². The standard InChI is InChI=1S/C13H22N4O3/c1-9-13(14)10(2)17(15-9)8-11(18)16(3)7-5-6-12(19)20-4/h5-8,14H2,1-4H3. The lowest BCUT2D eigenvalue weighted by atomic mass is 10.3. The zero-order chi connectivity index (χ0) is 15.3. The van der Waals surface area contributed by atoms with Crippen molar-refractivity contribution in [1.82, 2.24) is 14.7 Å². The van der Waals surface area contributed by atoms with Gasteiger partial charge in [-0.25, -0.2) is 0 Å². The van der Waals surface area contributed by atoms with Crippen LogP contribution in [-0.2, 0) is 20.9 Å². The highest BCUT2D eigenvalue weighted by atomic mass is 16.5. The quantitative estimate of drug-likeness (QED) is 0.767. The third kappa shape index (κ3) is 3.97. The van der Waals surface area contributed by atoms with E-state index in [9.17, 15) is 9.59 Å². The van der Waals surface area contributed by atoms with Crippen LogP contribution in [0.2, 0.25) is 0 Å². The number of rotatable bonds is 6. The summed E-state index contributed by atoms with van der Waals surface area (Å²) in [6.07, 6.45) is 0.884. The van der Waals surface area contributed by atoms with Crippen LogP contribution in [-0.4, -0.2) is 47.3 Å². The Bertz CT molecular complexity index is 496. The van der Waals surface area contributed by atoms with Gasteiger partial charge in [0.15, 0.2) is 0 Å². The molecule has 0 bridgehead atoms. The van der Waals surface area contributed by atoms with E-state index in [4.69, 9.17) is 5.73 Å². The van der Waals surface area contributed by atoms with Gasteiger partial charge in [-0.05, 0) is 20.3 Å². The number of anilines is 1. The van der Waals surface area contributed by atoms with Gasteiger partial charge in [-0.1, -0.05) is 0 Å². The highest BCUT2D eigenvalue weighted by Gasteiger charge is 2.14. The molecule has 0 saturated heterocycles. The average molecular weight is 282 g/mol. The minimum Gasteiger partial charge on any atom is -0.469 e. The Morgan fingerprint density at radius 3 is 2.55 bits per heavy atom. The number of nitrogen functional groups attached to an aromatic ring is 1. The maximum atomic E-state index is 12.0. The summed E-state index contributed by atoms with van der Waals surface area (Å²) < 4.78 is 6.15. The van der Waals surface area contributed by atoms with E-state index in [-0.39, 0.29) is 18.4 Å². The van der Waals surface area contributed by atoms with Gasteiger partial charge in [-0.3, -0.25) is 14.3 Å². The molecule has 20 heavy (non-hydrogen) atoms. The summed E-state index contributed by atoms with van der Waals surface area (Å²) in [7, 11) is 3.05. The Balaban J connectivity index is 2.49. The topological polar surface area (TPSA) is 90.5 Å². The van der Waals surface area contributed by atoms with E-state index in [2.05, 4.69) is 9.84 Å². The molecule has 0 fully saturated rings. The first-order valence-corrected chi connectivity index (χ1v) is 6.47. The van der Waals surface area contributed by atoms with Gasteiger partial charge in [0.2, 0.25) is 5.91 Å². The van der Waals surface area contributed by atoms with Crippen LogP contribution in [0.4, 0.5) is 5.69 Å². The summed E-state index contributed by atoms with van der Waals surface area (Å²) in [4.78, 5) is 24.6. The highest BCUT2D eigenvalue weighted by Crippen LogP contribution is 2.14. The highest BCUT2D eigenvalue weighted by molar-refractivity contribution is 5.76. The minimum absolute atomic E-state index is 0.0690. The van der Waals surface area contributed by atoms with Crippen LogP contribution >= 0.6 is 0 Å². The number of esters is 1. The lowest BCUT2D eigenvalue weighted by molar-refractivity contribution is -0.141. The molecule has 0 saturated carbocycles. The predicted molar refractivity (Wildman–Crippen MR) is 75.0 cm³/mol. The number of nitrogens with zero attached hydrogens (tertiary/aromatic N) is 3. The van der Waals surface area contributed by atoms with Crippen LogP contribution in [0.15, 0.2) is 0 Å². The number of ether oxygens (including phenoxy) is 1. The molecule has 1 heterocycles. The molecule has 0 atom stereocenters. The van der Waals surface area contributed by atoms with Gasteiger partial charge in [0, 0.05) is 20.0 Å². The summed E-state index contributed by atoms with van der Waals surface area (Å²) in [6.45, 7) is 4.30. The number of methoxy groups -OCH3 is 1. The number of hydrogen-bond donors (Lipinski definition) is 1. The molecule has 0 spiro atoms. The normalized spacial score (nSPS) is 10.4. The SMILES string of the molecule is COC(=O)CCCN(C)C(=O)Cn1nc(C)c(N)c1C. The van der Waals surface area contributed by atoms with Crippen LogP contribution in [0.25, 0.3) is 0 Å². The number of hydrogen-bond acceptors (Lipinski definition) is 5. The van der Waals surface area contributed by atoms with Gasteiger partial charge in [0.1, 0.15) is 6.54 Å². The number of aryl methyl sites for hydroxylation is 1. The molecule has 0 aliphatic rings. The number of likely N-dealkylation sites (N-methyl/N-ethyl adjacent to an activating group) is 1. The predicted octanol–water partition coefficient (Wildman–Crippen LogP) is 0.494. The van der Waals surface area contributed by atoms with Crippen molar-refractivity contribution in [1.29, 1.82) is 0 Å². The number of carbonyl (C=O) groups excluding carboxylic acids is 2. The van der Waals surface area contributed by atoms with E-state index in [1.807, 2.05) is 13.8 Å². The molecule has 1 amide bonds. The molecular weight excluding hydrogens is 260 g/mol. The third-order valence-corrected chi connectivity index (χ3v) is 3.25. The van der Waals surface area contributed by atoms with Gasteiger partial charge in [-0.15, -0.1) is 0 Å². The summed E-state index contributed by atoms with van der Waals surface area (Å²) in [5, 5.41) is 4.22. The van der Waals surface area contributed by atoms with Crippen molar-refractivity contribution in [3.8, 4) is 0 Å². The summed E-state index contributed by atoms with van der Waals surface area (Å²) in [5.41, 5.74) is 7.96.